The van der Waals surface area contributed by atoms with E-state index in [0.717, 1.165) is 0 Å². The number of hydrogen-bond donors (Lipinski definition) is 0. The van der Waals surface area contributed by atoms with Gasteiger partial charge >= 0.3 is 0 Å². The molecule has 0 bridgehead atoms. The predicted molar refractivity (Wildman–Crippen MR) is 21.2 cm³/mol. The van der Waals surface area contributed by atoms with E-state index in [-0.39, 0.29) is 42.3 Å². The molecule has 0 saturated heterocycles. The van der Waals surface area contributed by atoms with Crippen molar-refractivity contribution in [1.82, 2.24) is 0 Å². The third-order valence-corrected chi connectivity index (χ3v) is 0. The van der Waals surface area contributed by atoms with Crippen molar-refractivity contribution in [3.05, 3.63) is 15.3 Å². The number of hydrogen-bond acceptors (Lipinski definition) is 3. The van der Waals surface area contributed by atoms with Crippen LogP contribution in [0.3, 0.4) is 0 Å². The van der Waals surface area contributed by atoms with Crippen molar-refractivity contribution in [2.24, 2.45) is 0 Å². The molecule has 0 rings (SSSR count). The summed E-state index contributed by atoms with van der Waals surface area (Å²) in [6.45, 7) is 0. The van der Waals surface area contributed by atoms with Crippen LogP contribution in [0.2, 0.25) is 0 Å². The van der Waals surface area contributed by atoms with Gasteiger partial charge in [0.2, 0.25) is 0 Å². The molecular weight excluding hydrogens is 155 g/mol. The summed E-state index contributed by atoms with van der Waals surface area (Å²) < 4.78 is 0. The third kappa shape index (κ3) is 58600. The molecule has 51 valence electrons. The Kier molecular flexibility index (Phi) is 156. The van der Waals surface area contributed by atoms with Gasteiger partial charge in [-0.15, -0.1) is 0 Å². The molecule has 0 aromatic rings. The van der Waals surface area contributed by atoms with E-state index in [4.69, 9.17) is 15.3 Å². The van der Waals surface area contributed by atoms with Gasteiger partial charge in [-0.05, 0) is 0 Å². The smallest absolute Gasteiger partial charge is 0.0689 e. The van der Waals surface area contributed by atoms with Crippen molar-refractivity contribution < 1.29 is 47.4 Å². The second kappa shape index (κ2) is 28.3. The molecule has 0 unspecified atom stereocenters. The SMILES string of the molecule is O.O.O.O=[N+]([O-])[O-].[Sc]. The molecule has 6 N–H and O–H groups in total. The van der Waals surface area contributed by atoms with E-state index >= 15 is 0 Å². The van der Waals surface area contributed by atoms with E-state index in [0.29, 0.717) is 0 Å². The fourth-order valence-corrected chi connectivity index (χ4v) is 0. The van der Waals surface area contributed by atoms with Crippen molar-refractivity contribution in [3.63, 3.8) is 0 Å². The van der Waals surface area contributed by atoms with Crippen LogP contribution in [0.1, 0.15) is 0 Å². The first-order valence-electron chi connectivity index (χ1n) is 0.548. The van der Waals surface area contributed by atoms with Crippen molar-refractivity contribution in [3.8, 4) is 0 Å². The standard InChI is InChI=1S/NO3.3H2O.Sc/c2-1(3)4;;;;/h;3*1H2;/q-1;;;;. The summed E-state index contributed by atoms with van der Waals surface area (Å²) in [5.41, 5.74) is 0. The number of rotatable bonds is 0. The van der Waals surface area contributed by atoms with Crippen LogP contribution in [-0.2, 0) is 25.8 Å². The Hall–Kier alpha value is -0.0499. The van der Waals surface area contributed by atoms with E-state index in [2.05, 4.69) is 0 Å². The van der Waals surface area contributed by atoms with Crippen LogP contribution in [-0.4, -0.2) is 21.5 Å². The second-order valence-corrected chi connectivity index (χ2v) is 0.224. The van der Waals surface area contributed by atoms with Gasteiger partial charge < -0.3 is 31.8 Å². The Morgan fingerprint density at radius 1 is 1.00 bits per heavy atom. The first kappa shape index (κ1) is 44.1. The van der Waals surface area contributed by atoms with Gasteiger partial charge in [-0.3, -0.25) is 0 Å². The first-order chi connectivity index (χ1) is 1.73. The molecule has 1 radical (unpaired) electrons. The zero-order valence-corrected chi connectivity index (χ0v) is 5.55. The van der Waals surface area contributed by atoms with Gasteiger partial charge in [-0.1, -0.05) is 0 Å². The van der Waals surface area contributed by atoms with E-state index in [9.17, 15) is 0 Å². The van der Waals surface area contributed by atoms with Crippen molar-refractivity contribution >= 4 is 0 Å². The monoisotopic (exact) mass is 161 g/mol. The molecule has 0 spiro atoms. The Morgan fingerprint density at radius 3 is 1.00 bits per heavy atom. The Morgan fingerprint density at radius 2 is 1.00 bits per heavy atom. The van der Waals surface area contributed by atoms with Crippen LogP contribution in [0.5, 0.6) is 0 Å². The molecule has 0 saturated carbocycles. The minimum Gasteiger partial charge on any atom is -0.412 e. The molecule has 0 aromatic heterocycles. The third-order valence-electron chi connectivity index (χ3n) is 0. The Bertz CT molecular complexity index is 31.5. The van der Waals surface area contributed by atoms with Crippen LogP contribution in [0.15, 0.2) is 0 Å². The molecule has 7 nitrogen and oxygen atoms in total. The molecule has 8 heavy (non-hydrogen) atoms. The molecule has 0 fully saturated rings. The maximum Gasteiger partial charge on any atom is 0.0689 e. The average Bonchev–Trinajstić information content (AvgIpc) is 0.811. The van der Waals surface area contributed by atoms with Crippen LogP contribution in [0.25, 0.3) is 0 Å². The van der Waals surface area contributed by atoms with E-state index in [1.54, 1.807) is 0 Å². The molecule has 8 heteroatoms. The van der Waals surface area contributed by atoms with Crippen LogP contribution < -0.4 is 0 Å². The summed E-state index contributed by atoms with van der Waals surface area (Å²) in [5, 5.41) is 14.8. The summed E-state index contributed by atoms with van der Waals surface area (Å²) in [5.74, 6) is 0. The zero-order valence-electron chi connectivity index (χ0n) is 3.75. The molecule has 0 aromatic carbocycles. The van der Waals surface area contributed by atoms with Gasteiger partial charge in [0, 0.05) is 25.8 Å². The fraction of sp³-hybridized carbons (Fsp3) is 0. The number of nitrogens with zero attached hydrogens (tertiary/aromatic N) is 1. The summed E-state index contributed by atoms with van der Waals surface area (Å²) in [4.78, 5) is 8.25. The van der Waals surface area contributed by atoms with Crippen LogP contribution >= 0.6 is 0 Å². The molecule has 0 heterocycles. The van der Waals surface area contributed by atoms with Gasteiger partial charge in [-0.2, -0.15) is 0 Å². The van der Waals surface area contributed by atoms with E-state index < -0.39 is 5.09 Å². The Balaban J connectivity index is -0.00000000750. The largest absolute Gasteiger partial charge is 0.412 e. The molecule has 0 atom stereocenters. The van der Waals surface area contributed by atoms with Crippen molar-refractivity contribution in [1.29, 1.82) is 0 Å². The van der Waals surface area contributed by atoms with Gasteiger partial charge in [0.05, 0.1) is 5.09 Å². The molecule has 0 aliphatic rings. The summed E-state index contributed by atoms with van der Waals surface area (Å²) in [6, 6.07) is 0. The topological polar surface area (TPSA) is 161 Å². The van der Waals surface area contributed by atoms with Gasteiger partial charge in [0.15, 0.2) is 0 Å². The quantitative estimate of drug-likeness (QED) is 0.279. The first-order valence-corrected chi connectivity index (χ1v) is 0.548. The maximum atomic E-state index is 8.25. The zero-order chi connectivity index (χ0) is 3.58. The normalized spacial score (nSPS) is 3.00. The van der Waals surface area contributed by atoms with Crippen LogP contribution in [0, 0.1) is 15.3 Å². The fourth-order valence-electron chi connectivity index (χ4n) is 0. The van der Waals surface area contributed by atoms with Crippen molar-refractivity contribution in [2.45, 2.75) is 0 Å². The minimum atomic E-state index is -1.75. The summed E-state index contributed by atoms with van der Waals surface area (Å²) >= 11 is 0. The molecule has 0 aliphatic carbocycles. The molecule has 0 aliphatic heterocycles. The Labute approximate surface area is 63.1 Å². The average molecular weight is 161 g/mol. The van der Waals surface area contributed by atoms with E-state index in [1.807, 2.05) is 0 Å². The van der Waals surface area contributed by atoms with Gasteiger partial charge in [0.1, 0.15) is 0 Å². The van der Waals surface area contributed by atoms with Crippen LogP contribution in [0.4, 0.5) is 0 Å². The van der Waals surface area contributed by atoms with Crippen molar-refractivity contribution in [2.75, 3.05) is 0 Å². The molecule has 0 amide bonds. The minimum absolute atomic E-state index is 0. The molecular formula is H6NO6Sc-. The van der Waals surface area contributed by atoms with Gasteiger partial charge in [0.25, 0.3) is 0 Å². The second-order valence-electron chi connectivity index (χ2n) is 0.224. The maximum absolute atomic E-state index is 8.25. The van der Waals surface area contributed by atoms with E-state index in [1.165, 1.54) is 0 Å². The summed E-state index contributed by atoms with van der Waals surface area (Å²) in [7, 11) is 0. The predicted octanol–water partition coefficient (Wildman–Crippen LogP) is -2.72. The summed E-state index contributed by atoms with van der Waals surface area (Å²) in [6.07, 6.45) is 0. The van der Waals surface area contributed by atoms with Gasteiger partial charge in [-0.25, -0.2) is 0 Å².